The molecule has 0 amide bonds. The summed E-state index contributed by atoms with van der Waals surface area (Å²) in [5.41, 5.74) is 0. The van der Waals surface area contributed by atoms with Gasteiger partial charge in [-0.3, -0.25) is 4.79 Å². The average molecular weight is 234 g/mol. The first kappa shape index (κ1) is 11.0. The van der Waals surface area contributed by atoms with Gasteiger partial charge in [-0.1, -0.05) is 6.42 Å². The van der Waals surface area contributed by atoms with E-state index in [-0.39, 0.29) is 11.7 Å². The lowest BCUT2D eigenvalue weighted by Gasteiger charge is -2.18. The molecule has 0 saturated heterocycles. The van der Waals surface area contributed by atoms with Crippen LogP contribution < -0.4 is 0 Å². The van der Waals surface area contributed by atoms with Crippen LogP contribution in [0, 0.1) is 17.8 Å². The van der Waals surface area contributed by atoms with Crippen LogP contribution in [-0.2, 0) is 11.3 Å². The van der Waals surface area contributed by atoms with Crippen molar-refractivity contribution in [3.8, 4) is 0 Å². The number of ether oxygens (including phenoxy) is 1. The Bertz CT molecular complexity index is 421. The van der Waals surface area contributed by atoms with Crippen molar-refractivity contribution in [3.05, 3.63) is 23.7 Å². The van der Waals surface area contributed by atoms with Crippen molar-refractivity contribution in [2.24, 2.45) is 17.8 Å². The lowest BCUT2D eigenvalue weighted by Crippen LogP contribution is -2.20. The highest BCUT2D eigenvalue weighted by molar-refractivity contribution is 5.95. The molecule has 1 heterocycles. The van der Waals surface area contributed by atoms with Crippen molar-refractivity contribution >= 4 is 5.78 Å². The fourth-order valence-electron chi connectivity index (χ4n) is 3.48. The monoisotopic (exact) mass is 234 g/mol. The molecular weight excluding hydrogens is 216 g/mol. The molecule has 17 heavy (non-hydrogen) atoms. The molecule has 0 aliphatic heterocycles. The molecule has 3 atom stereocenters. The van der Waals surface area contributed by atoms with E-state index >= 15 is 0 Å². The van der Waals surface area contributed by atoms with Crippen LogP contribution in [-0.4, -0.2) is 12.9 Å². The zero-order chi connectivity index (χ0) is 11.8. The van der Waals surface area contributed by atoms with Gasteiger partial charge in [0, 0.05) is 13.0 Å². The summed E-state index contributed by atoms with van der Waals surface area (Å²) in [7, 11) is 1.62. The summed E-state index contributed by atoms with van der Waals surface area (Å²) in [6.45, 7) is 0.435. The maximum absolute atomic E-state index is 12.3. The third-order valence-corrected chi connectivity index (χ3v) is 4.27. The topological polar surface area (TPSA) is 39.4 Å². The predicted molar refractivity (Wildman–Crippen MR) is 62.7 cm³/mol. The van der Waals surface area contributed by atoms with Crippen LogP contribution in [0.3, 0.4) is 0 Å². The number of ketones is 1. The highest BCUT2D eigenvalue weighted by Crippen LogP contribution is 2.49. The molecule has 2 fully saturated rings. The van der Waals surface area contributed by atoms with Crippen LogP contribution in [0.4, 0.5) is 0 Å². The SMILES string of the molecule is COCc1ccc(C(=O)C2CC3CCC2C3)o1. The summed E-state index contributed by atoms with van der Waals surface area (Å²) in [4.78, 5) is 12.3. The van der Waals surface area contributed by atoms with E-state index in [1.165, 1.54) is 19.3 Å². The van der Waals surface area contributed by atoms with Crippen LogP contribution in [0.25, 0.3) is 0 Å². The van der Waals surface area contributed by atoms with Gasteiger partial charge in [0.25, 0.3) is 0 Å². The number of carbonyl (C=O) groups excluding carboxylic acids is 1. The van der Waals surface area contributed by atoms with Gasteiger partial charge in [-0.05, 0) is 43.2 Å². The molecule has 2 aliphatic carbocycles. The molecule has 3 heteroatoms. The second-order valence-electron chi connectivity index (χ2n) is 5.34. The smallest absolute Gasteiger partial charge is 0.201 e. The molecule has 0 aromatic carbocycles. The van der Waals surface area contributed by atoms with Gasteiger partial charge in [0.05, 0.1) is 0 Å². The first-order valence-corrected chi connectivity index (χ1v) is 6.40. The Morgan fingerprint density at radius 1 is 1.41 bits per heavy atom. The van der Waals surface area contributed by atoms with Gasteiger partial charge in [-0.2, -0.15) is 0 Å². The zero-order valence-corrected chi connectivity index (χ0v) is 10.1. The Morgan fingerprint density at radius 3 is 2.94 bits per heavy atom. The quantitative estimate of drug-likeness (QED) is 0.752. The second kappa shape index (κ2) is 4.30. The zero-order valence-electron chi connectivity index (χ0n) is 10.1. The maximum atomic E-state index is 12.3. The predicted octanol–water partition coefficient (Wildman–Crippen LogP) is 3.04. The van der Waals surface area contributed by atoms with E-state index in [0.717, 1.165) is 18.1 Å². The van der Waals surface area contributed by atoms with Gasteiger partial charge in [-0.25, -0.2) is 0 Å². The summed E-state index contributed by atoms with van der Waals surface area (Å²) in [5, 5.41) is 0. The molecular formula is C14H18O3. The Balaban J connectivity index is 1.73. The van der Waals surface area contributed by atoms with Gasteiger partial charge >= 0.3 is 0 Å². The molecule has 0 N–H and O–H groups in total. The van der Waals surface area contributed by atoms with E-state index in [1.54, 1.807) is 13.2 Å². The largest absolute Gasteiger partial charge is 0.456 e. The average Bonchev–Trinajstić information content (AvgIpc) is 3.03. The molecule has 92 valence electrons. The van der Waals surface area contributed by atoms with Gasteiger partial charge < -0.3 is 9.15 Å². The van der Waals surface area contributed by atoms with Crippen LogP contribution >= 0.6 is 0 Å². The van der Waals surface area contributed by atoms with E-state index in [4.69, 9.17) is 9.15 Å². The van der Waals surface area contributed by atoms with E-state index < -0.39 is 0 Å². The molecule has 3 unspecified atom stereocenters. The van der Waals surface area contributed by atoms with E-state index in [2.05, 4.69) is 0 Å². The standard InChI is InChI=1S/C14H18O3/c1-16-8-11-4-5-13(17-11)14(15)12-7-9-2-3-10(12)6-9/h4-5,9-10,12H,2-3,6-8H2,1H3. The number of carbonyl (C=O) groups is 1. The van der Waals surface area contributed by atoms with Crippen LogP contribution in [0.15, 0.2) is 16.5 Å². The normalized spacial score (nSPS) is 31.0. The summed E-state index contributed by atoms with van der Waals surface area (Å²) in [5.74, 6) is 3.09. The van der Waals surface area contributed by atoms with Crippen molar-refractivity contribution in [3.63, 3.8) is 0 Å². The summed E-state index contributed by atoms with van der Waals surface area (Å²) < 4.78 is 10.5. The van der Waals surface area contributed by atoms with Crippen molar-refractivity contribution in [1.29, 1.82) is 0 Å². The maximum Gasteiger partial charge on any atom is 0.201 e. The highest BCUT2D eigenvalue weighted by atomic mass is 16.5. The number of hydrogen-bond acceptors (Lipinski definition) is 3. The minimum absolute atomic E-state index is 0.208. The molecule has 3 rings (SSSR count). The Kier molecular flexibility index (Phi) is 2.79. The van der Waals surface area contributed by atoms with Crippen LogP contribution in [0.2, 0.25) is 0 Å². The number of fused-ring (bicyclic) bond motifs is 2. The first-order valence-electron chi connectivity index (χ1n) is 6.40. The fourth-order valence-corrected chi connectivity index (χ4v) is 3.48. The minimum Gasteiger partial charge on any atom is -0.456 e. The first-order chi connectivity index (χ1) is 8.28. The summed E-state index contributed by atoms with van der Waals surface area (Å²) >= 11 is 0. The number of rotatable bonds is 4. The molecule has 1 aromatic heterocycles. The van der Waals surface area contributed by atoms with Crippen LogP contribution in [0.5, 0.6) is 0 Å². The number of Topliss-reactive ketones (excluding diaryl/α,β-unsaturated/α-hetero) is 1. The fraction of sp³-hybridized carbons (Fsp3) is 0.643. The molecule has 2 bridgehead atoms. The van der Waals surface area contributed by atoms with Gasteiger partial charge in [-0.15, -0.1) is 0 Å². The number of hydrogen-bond donors (Lipinski definition) is 0. The van der Waals surface area contributed by atoms with Crippen molar-refractivity contribution < 1.29 is 13.9 Å². The lowest BCUT2D eigenvalue weighted by molar-refractivity contribution is 0.0837. The third-order valence-electron chi connectivity index (χ3n) is 4.27. The lowest BCUT2D eigenvalue weighted by atomic mass is 9.85. The van der Waals surface area contributed by atoms with Crippen LogP contribution in [0.1, 0.15) is 42.0 Å². The van der Waals surface area contributed by atoms with E-state index in [9.17, 15) is 4.79 Å². The van der Waals surface area contributed by atoms with Gasteiger partial charge in [0.2, 0.25) is 5.78 Å². The Hall–Kier alpha value is -1.09. The van der Waals surface area contributed by atoms with Gasteiger partial charge in [0.15, 0.2) is 5.76 Å². The van der Waals surface area contributed by atoms with Crippen molar-refractivity contribution in [1.82, 2.24) is 0 Å². The molecule has 2 saturated carbocycles. The summed E-state index contributed by atoms with van der Waals surface area (Å²) in [6.07, 6.45) is 4.88. The Labute approximate surface area is 101 Å². The van der Waals surface area contributed by atoms with E-state index in [0.29, 0.717) is 18.3 Å². The van der Waals surface area contributed by atoms with E-state index in [1.807, 2.05) is 6.07 Å². The van der Waals surface area contributed by atoms with Crippen molar-refractivity contribution in [2.75, 3.05) is 7.11 Å². The number of furan rings is 1. The third kappa shape index (κ3) is 1.93. The Morgan fingerprint density at radius 2 is 2.29 bits per heavy atom. The minimum atomic E-state index is 0.208. The number of methoxy groups -OCH3 is 1. The molecule has 1 aromatic rings. The van der Waals surface area contributed by atoms with Crippen molar-refractivity contribution in [2.45, 2.75) is 32.3 Å². The van der Waals surface area contributed by atoms with Gasteiger partial charge in [0.1, 0.15) is 12.4 Å². The molecule has 0 radical (unpaired) electrons. The molecule has 2 aliphatic rings. The highest BCUT2D eigenvalue weighted by Gasteiger charge is 2.43. The second-order valence-corrected chi connectivity index (χ2v) is 5.34. The molecule has 3 nitrogen and oxygen atoms in total. The summed E-state index contributed by atoms with van der Waals surface area (Å²) in [6, 6.07) is 3.63. The molecule has 0 spiro atoms.